The van der Waals surface area contributed by atoms with Crippen molar-refractivity contribution in [3.8, 4) is 0 Å². The molecule has 0 radical (unpaired) electrons. The number of anilines is 2. The Kier molecular flexibility index (Phi) is 5.10. The Hall–Kier alpha value is -2.99. The summed E-state index contributed by atoms with van der Waals surface area (Å²) in [7, 11) is 3.91. The summed E-state index contributed by atoms with van der Waals surface area (Å²) >= 11 is 5.25. The first-order valence-electron chi connectivity index (χ1n) is 8.53. The first-order valence-corrected chi connectivity index (χ1v) is 8.94. The van der Waals surface area contributed by atoms with E-state index in [1.165, 1.54) is 4.90 Å². The lowest BCUT2D eigenvalue weighted by molar-refractivity contribution is -0.122. The van der Waals surface area contributed by atoms with E-state index in [2.05, 4.69) is 5.32 Å². The van der Waals surface area contributed by atoms with Crippen molar-refractivity contribution >= 4 is 46.6 Å². The van der Waals surface area contributed by atoms with Crippen LogP contribution in [0.1, 0.15) is 16.7 Å². The summed E-state index contributed by atoms with van der Waals surface area (Å²) in [5.41, 5.74) is 4.54. The average molecular weight is 379 g/mol. The van der Waals surface area contributed by atoms with Gasteiger partial charge in [-0.25, -0.2) is 0 Å². The van der Waals surface area contributed by atoms with E-state index in [-0.39, 0.29) is 10.7 Å². The molecule has 2 aromatic carbocycles. The fourth-order valence-corrected chi connectivity index (χ4v) is 3.29. The number of nitrogens with zero attached hydrogens (tertiary/aromatic N) is 2. The van der Waals surface area contributed by atoms with Crippen LogP contribution in [0.3, 0.4) is 0 Å². The van der Waals surface area contributed by atoms with Crippen molar-refractivity contribution in [2.75, 3.05) is 23.9 Å². The van der Waals surface area contributed by atoms with Crippen molar-refractivity contribution in [3.63, 3.8) is 0 Å². The topological polar surface area (TPSA) is 52.7 Å². The number of hydrogen-bond acceptors (Lipinski definition) is 4. The predicted octanol–water partition coefficient (Wildman–Crippen LogP) is 3.20. The quantitative estimate of drug-likeness (QED) is 0.506. The van der Waals surface area contributed by atoms with Crippen molar-refractivity contribution in [1.29, 1.82) is 0 Å². The fourth-order valence-electron chi connectivity index (χ4n) is 3.01. The molecule has 5 nitrogen and oxygen atoms in total. The molecular formula is C21H21N3O2S. The lowest BCUT2D eigenvalue weighted by Crippen LogP contribution is -2.54. The molecule has 0 atom stereocenters. The maximum atomic E-state index is 13.0. The molecule has 1 aliphatic heterocycles. The molecule has 6 heteroatoms. The van der Waals surface area contributed by atoms with Gasteiger partial charge in [-0.3, -0.25) is 19.8 Å². The minimum atomic E-state index is -0.484. The van der Waals surface area contributed by atoms with E-state index >= 15 is 0 Å². The molecule has 138 valence electrons. The second-order valence-corrected chi connectivity index (χ2v) is 7.18. The van der Waals surface area contributed by atoms with Gasteiger partial charge in [0.15, 0.2) is 5.11 Å². The summed E-state index contributed by atoms with van der Waals surface area (Å²) in [6.07, 6.45) is 1.59. The van der Waals surface area contributed by atoms with Crippen LogP contribution in [0.2, 0.25) is 0 Å². The number of nitrogens with one attached hydrogen (secondary N) is 1. The number of benzene rings is 2. The molecule has 0 unspecified atom stereocenters. The van der Waals surface area contributed by atoms with Gasteiger partial charge in [-0.15, -0.1) is 0 Å². The van der Waals surface area contributed by atoms with Gasteiger partial charge in [0.1, 0.15) is 5.57 Å². The second kappa shape index (κ2) is 7.32. The van der Waals surface area contributed by atoms with Crippen LogP contribution in [-0.2, 0) is 9.59 Å². The number of amides is 2. The van der Waals surface area contributed by atoms with E-state index < -0.39 is 11.8 Å². The highest BCUT2D eigenvalue weighted by Gasteiger charge is 2.34. The molecule has 2 aromatic rings. The Labute approximate surface area is 164 Å². The molecule has 0 bridgehead atoms. The van der Waals surface area contributed by atoms with Gasteiger partial charge in [0.2, 0.25) is 0 Å². The summed E-state index contributed by atoms with van der Waals surface area (Å²) in [5, 5.41) is 2.71. The van der Waals surface area contributed by atoms with Crippen LogP contribution in [0, 0.1) is 13.8 Å². The van der Waals surface area contributed by atoms with Crippen LogP contribution < -0.4 is 15.1 Å². The summed E-state index contributed by atoms with van der Waals surface area (Å²) in [6.45, 7) is 3.91. The molecule has 3 rings (SSSR count). The number of rotatable bonds is 3. The van der Waals surface area contributed by atoms with Crippen LogP contribution in [0.25, 0.3) is 6.08 Å². The van der Waals surface area contributed by atoms with Crippen molar-refractivity contribution < 1.29 is 9.59 Å². The molecule has 0 spiro atoms. The van der Waals surface area contributed by atoms with Crippen molar-refractivity contribution in [2.45, 2.75) is 13.8 Å². The van der Waals surface area contributed by atoms with Gasteiger partial charge in [-0.1, -0.05) is 18.2 Å². The standard InChI is InChI=1S/C21H21N3O2S/c1-13-9-14(2)11-17(10-13)24-20(26)18(19(25)22-21(24)27)12-15-5-7-16(8-6-15)23(3)4/h5-12H,1-4H3,(H,22,25,27)/b18-12-. The molecule has 1 aliphatic rings. The molecule has 1 N–H and O–H groups in total. The van der Waals surface area contributed by atoms with E-state index in [0.717, 1.165) is 22.4 Å². The number of carbonyl (C=O) groups excluding carboxylic acids is 2. The van der Waals surface area contributed by atoms with Gasteiger partial charge < -0.3 is 4.90 Å². The summed E-state index contributed by atoms with van der Waals surface area (Å²) < 4.78 is 0. The summed E-state index contributed by atoms with van der Waals surface area (Å²) in [4.78, 5) is 28.8. The largest absolute Gasteiger partial charge is 0.378 e. The molecule has 0 saturated carbocycles. The minimum Gasteiger partial charge on any atom is -0.378 e. The lowest BCUT2D eigenvalue weighted by Gasteiger charge is -2.29. The van der Waals surface area contributed by atoms with Gasteiger partial charge in [0.25, 0.3) is 11.8 Å². The van der Waals surface area contributed by atoms with Gasteiger partial charge in [-0.2, -0.15) is 0 Å². The summed E-state index contributed by atoms with van der Waals surface area (Å²) in [5.74, 6) is -0.909. The molecule has 0 aromatic heterocycles. The highest BCUT2D eigenvalue weighted by atomic mass is 32.1. The fraction of sp³-hybridized carbons (Fsp3) is 0.190. The zero-order valence-corrected chi connectivity index (χ0v) is 16.6. The SMILES string of the molecule is Cc1cc(C)cc(N2C(=O)/C(=C\c3ccc(N(C)C)cc3)C(=O)NC2=S)c1. The van der Waals surface area contributed by atoms with Crippen LogP contribution in [0.4, 0.5) is 11.4 Å². The smallest absolute Gasteiger partial charge is 0.270 e. The van der Waals surface area contributed by atoms with Crippen LogP contribution in [0.15, 0.2) is 48.0 Å². The van der Waals surface area contributed by atoms with E-state index in [1.54, 1.807) is 6.08 Å². The average Bonchev–Trinajstić information content (AvgIpc) is 2.58. The Morgan fingerprint density at radius 2 is 1.59 bits per heavy atom. The molecule has 1 heterocycles. The number of aryl methyl sites for hydroxylation is 2. The van der Waals surface area contributed by atoms with Crippen molar-refractivity contribution in [1.82, 2.24) is 5.32 Å². The molecule has 2 amide bonds. The maximum absolute atomic E-state index is 13.0. The Morgan fingerprint density at radius 3 is 2.15 bits per heavy atom. The van der Waals surface area contributed by atoms with E-state index in [9.17, 15) is 9.59 Å². The second-order valence-electron chi connectivity index (χ2n) is 6.79. The van der Waals surface area contributed by atoms with Gasteiger partial charge in [0, 0.05) is 19.8 Å². The third-order valence-corrected chi connectivity index (χ3v) is 4.57. The van der Waals surface area contributed by atoms with Gasteiger partial charge in [0.05, 0.1) is 5.69 Å². The maximum Gasteiger partial charge on any atom is 0.270 e. The first kappa shape index (κ1) is 18.8. The Morgan fingerprint density at radius 1 is 1.00 bits per heavy atom. The minimum absolute atomic E-state index is 0.0559. The zero-order chi connectivity index (χ0) is 19.7. The third kappa shape index (κ3) is 3.90. The lowest BCUT2D eigenvalue weighted by atomic mass is 10.1. The van der Waals surface area contributed by atoms with Gasteiger partial charge >= 0.3 is 0 Å². The molecule has 0 aliphatic carbocycles. The van der Waals surface area contributed by atoms with E-state index in [0.29, 0.717) is 5.69 Å². The molecule has 1 saturated heterocycles. The van der Waals surface area contributed by atoms with Crippen molar-refractivity contribution in [2.24, 2.45) is 0 Å². The normalized spacial score (nSPS) is 15.9. The van der Waals surface area contributed by atoms with Crippen molar-refractivity contribution in [3.05, 3.63) is 64.7 Å². The monoisotopic (exact) mass is 379 g/mol. The predicted molar refractivity (Wildman–Crippen MR) is 113 cm³/mol. The molecular weight excluding hydrogens is 358 g/mol. The third-order valence-electron chi connectivity index (χ3n) is 4.29. The van der Waals surface area contributed by atoms with E-state index in [4.69, 9.17) is 12.2 Å². The number of carbonyl (C=O) groups is 2. The highest BCUT2D eigenvalue weighted by Crippen LogP contribution is 2.24. The Balaban J connectivity index is 1.99. The molecule has 27 heavy (non-hydrogen) atoms. The van der Waals surface area contributed by atoms with Gasteiger partial charge in [-0.05, 0) is 73.1 Å². The number of thiocarbonyl (C=S) groups is 1. The Bertz CT molecular complexity index is 942. The van der Waals surface area contributed by atoms with Crippen LogP contribution >= 0.6 is 12.2 Å². The number of hydrogen-bond donors (Lipinski definition) is 1. The first-order chi connectivity index (χ1) is 12.8. The summed E-state index contributed by atoms with van der Waals surface area (Å²) in [6, 6.07) is 13.4. The highest BCUT2D eigenvalue weighted by molar-refractivity contribution is 7.80. The van der Waals surface area contributed by atoms with Crippen LogP contribution in [-0.4, -0.2) is 31.0 Å². The molecule has 1 fully saturated rings. The van der Waals surface area contributed by atoms with Crippen LogP contribution in [0.5, 0.6) is 0 Å². The van der Waals surface area contributed by atoms with E-state index in [1.807, 2.05) is 75.3 Å². The zero-order valence-electron chi connectivity index (χ0n) is 15.7.